The van der Waals surface area contributed by atoms with Crippen molar-refractivity contribution in [3.8, 4) is 0 Å². The molecule has 9 heteroatoms. The van der Waals surface area contributed by atoms with Crippen LogP contribution in [0.1, 0.15) is 16.8 Å². The molecule has 0 aliphatic carbocycles. The fourth-order valence-electron chi connectivity index (χ4n) is 2.01. The largest absolute Gasteiger partial charge is 0.381 e. The minimum Gasteiger partial charge on any atom is -0.381 e. The van der Waals surface area contributed by atoms with Crippen molar-refractivity contribution in [2.45, 2.75) is 11.3 Å². The van der Waals surface area contributed by atoms with Gasteiger partial charge in [-0.25, -0.2) is 13.6 Å². The minimum absolute atomic E-state index is 0.0639. The second kappa shape index (κ2) is 6.62. The molecule has 1 aliphatic heterocycles. The van der Waals surface area contributed by atoms with Crippen molar-refractivity contribution in [3.63, 3.8) is 0 Å². The van der Waals surface area contributed by atoms with Gasteiger partial charge in [0.05, 0.1) is 17.2 Å². The minimum atomic E-state index is -4.00. The average Bonchev–Trinajstić information content (AvgIpc) is 2.90. The van der Waals surface area contributed by atoms with Gasteiger partial charge >= 0.3 is 0 Å². The summed E-state index contributed by atoms with van der Waals surface area (Å²) >= 11 is 9.14. The number of amides is 1. The van der Waals surface area contributed by atoms with Crippen molar-refractivity contribution in [1.82, 2.24) is 5.32 Å². The summed E-state index contributed by atoms with van der Waals surface area (Å²) in [5.41, 5.74) is 0.0639. The van der Waals surface area contributed by atoms with Crippen LogP contribution in [0.15, 0.2) is 21.5 Å². The number of hydrogen-bond donors (Lipinski definition) is 2. The van der Waals surface area contributed by atoms with Crippen LogP contribution in [0, 0.1) is 5.92 Å². The molecule has 0 radical (unpaired) electrons. The lowest BCUT2D eigenvalue weighted by Gasteiger charge is -2.12. The zero-order chi connectivity index (χ0) is 15.6. The maximum atomic E-state index is 12.2. The van der Waals surface area contributed by atoms with E-state index in [0.717, 1.165) is 6.42 Å². The van der Waals surface area contributed by atoms with E-state index in [1.807, 2.05) is 0 Å². The molecule has 6 nitrogen and oxygen atoms in total. The van der Waals surface area contributed by atoms with E-state index in [4.69, 9.17) is 21.5 Å². The summed E-state index contributed by atoms with van der Waals surface area (Å²) in [5.74, 6) is -0.185. The Balaban J connectivity index is 2.22. The van der Waals surface area contributed by atoms with Gasteiger partial charge in [-0.3, -0.25) is 4.79 Å². The topological polar surface area (TPSA) is 98.5 Å². The van der Waals surface area contributed by atoms with Gasteiger partial charge in [0, 0.05) is 23.5 Å². The molecule has 1 amide bonds. The SMILES string of the molecule is NS(=O)(=O)c1cc(Br)cc(C(=O)NCC2CCOC2)c1Cl. The number of rotatable bonds is 4. The molecule has 0 bridgehead atoms. The van der Waals surface area contributed by atoms with E-state index in [0.29, 0.717) is 24.2 Å². The van der Waals surface area contributed by atoms with Gasteiger partial charge in [-0.05, 0) is 18.6 Å². The van der Waals surface area contributed by atoms with Crippen LogP contribution in [0.3, 0.4) is 0 Å². The first-order valence-electron chi connectivity index (χ1n) is 6.17. The summed E-state index contributed by atoms with van der Waals surface area (Å²) in [5, 5.41) is 7.64. The zero-order valence-corrected chi connectivity index (χ0v) is 14.1. The van der Waals surface area contributed by atoms with Gasteiger partial charge in [-0.1, -0.05) is 27.5 Å². The van der Waals surface area contributed by atoms with E-state index < -0.39 is 15.9 Å². The standard InChI is InChI=1S/C12H14BrClN2O4S/c13-8-3-9(11(14)10(4-8)21(15,18)19)12(17)16-5-7-1-2-20-6-7/h3-4,7H,1-2,5-6H2,(H,16,17)(H2,15,18,19). The molecule has 116 valence electrons. The van der Waals surface area contributed by atoms with Gasteiger partial charge in [0.2, 0.25) is 10.0 Å². The molecule has 0 aromatic heterocycles. The Kier molecular flexibility index (Phi) is 5.26. The maximum Gasteiger partial charge on any atom is 0.252 e. The van der Waals surface area contributed by atoms with Crippen LogP contribution in [0.5, 0.6) is 0 Å². The number of sulfonamides is 1. The number of hydrogen-bond acceptors (Lipinski definition) is 4. The maximum absolute atomic E-state index is 12.2. The number of ether oxygens (including phenoxy) is 1. The molecule has 1 aromatic carbocycles. The van der Waals surface area contributed by atoms with E-state index >= 15 is 0 Å². The highest BCUT2D eigenvalue weighted by atomic mass is 79.9. The van der Waals surface area contributed by atoms with Gasteiger partial charge in [0.15, 0.2) is 0 Å². The lowest BCUT2D eigenvalue weighted by molar-refractivity contribution is 0.0945. The van der Waals surface area contributed by atoms with Crippen LogP contribution in [0.4, 0.5) is 0 Å². The average molecular weight is 398 g/mol. The molecule has 0 spiro atoms. The second-order valence-corrected chi connectivity index (χ2v) is 7.57. The molecule has 1 aromatic rings. The highest BCUT2D eigenvalue weighted by Gasteiger charge is 2.22. The van der Waals surface area contributed by atoms with Crippen molar-refractivity contribution in [3.05, 3.63) is 27.2 Å². The van der Waals surface area contributed by atoms with E-state index in [1.165, 1.54) is 12.1 Å². The normalized spacial score (nSPS) is 18.7. The van der Waals surface area contributed by atoms with Gasteiger partial charge in [0.1, 0.15) is 4.90 Å². The Morgan fingerprint density at radius 3 is 2.81 bits per heavy atom. The Hall–Kier alpha value is -0.670. The number of halogens is 2. The van der Waals surface area contributed by atoms with Gasteiger partial charge in [-0.15, -0.1) is 0 Å². The molecule has 0 saturated carbocycles. The van der Waals surface area contributed by atoms with Crippen LogP contribution in [0.2, 0.25) is 5.02 Å². The third kappa shape index (κ3) is 4.17. The van der Waals surface area contributed by atoms with Gasteiger partial charge in [0.25, 0.3) is 5.91 Å². The molecule has 1 fully saturated rings. The second-order valence-electron chi connectivity index (χ2n) is 4.75. The van der Waals surface area contributed by atoms with E-state index in [9.17, 15) is 13.2 Å². The molecule has 1 heterocycles. The first-order chi connectivity index (χ1) is 9.79. The number of primary sulfonamides is 1. The molecular weight excluding hydrogens is 384 g/mol. The summed E-state index contributed by atoms with van der Waals surface area (Å²) in [4.78, 5) is 11.9. The first-order valence-corrected chi connectivity index (χ1v) is 8.88. The zero-order valence-electron chi connectivity index (χ0n) is 10.9. The smallest absolute Gasteiger partial charge is 0.252 e. The third-order valence-electron chi connectivity index (χ3n) is 3.13. The van der Waals surface area contributed by atoms with E-state index in [-0.39, 0.29) is 21.4 Å². The van der Waals surface area contributed by atoms with Crippen molar-refractivity contribution < 1.29 is 17.9 Å². The summed E-state index contributed by atoms with van der Waals surface area (Å²) in [6.45, 7) is 1.75. The van der Waals surface area contributed by atoms with Crippen LogP contribution in [-0.4, -0.2) is 34.1 Å². The van der Waals surface area contributed by atoms with Crippen LogP contribution in [-0.2, 0) is 14.8 Å². The highest BCUT2D eigenvalue weighted by molar-refractivity contribution is 9.10. The number of carbonyl (C=O) groups excluding carboxylic acids is 1. The molecule has 1 atom stereocenters. The van der Waals surface area contributed by atoms with E-state index in [1.54, 1.807) is 0 Å². The Bertz CT molecular complexity index is 659. The van der Waals surface area contributed by atoms with Gasteiger partial charge in [-0.2, -0.15) is 0 Å². The van der Waals surface area contributed by atoms with Crippen molar-refractivity contribution in [2.75, 3.05) is 19.8 Å². The summed E-state index contributed by atoms with van der Waals surface area (Å²) in [7, 11) is -4.00. The predicted molar refractivity (Wildman–Crippen MR) is 81.8 cm³/mol. The van der Waals surface area contributed by atoms with Crippen LogP contribution < -0.4 is 10.5 Å². The predicted octanol–water partition coefficient (Wildman–Crippen LogP) is 1.52. The lowest BCUT2D eigenvalue weighted by Crippen LogP contribution is -2.30. The Morgan fingerprint density at radius 1 is 1.52 bits per heavy atom. The van der Waals surface area contributed by atoms with Crippen LogP contribution >= 0.6 is 27.5 Å². The van der Waals surface area contributed by atoms with Crippen LogP contribution in [0.25, 0.3) is 0 Å². The van der Waals surface area contributed by atoms with Crippen molar-refractivity contribution in [1.29, 1.82) is 0 Å². The molecule has 21 heavy (non-hydrogen) atoms. The monoisotopic (exact) mass is 396 g/mol. The number of benzene rings is 1. The molecule has 2 rings (SSSR count). The van der Waals surface area contributed by atoms with Gasteiger partial charge < -0.3 is 10.1 Å². The molecule has 1 aliphatic rings. The summed E-state index contributed by atoms with van der Waals surface area (Å²) < 4.78 is 28.6. The Labute approximate surface area is 136 Å². The van der Waals surface area contributed by atoms with E-state index in [2.05, 4.69) is 21.2 Å². The molecule has 1 saturated heterocycles. The molecule has 1 unspecified atom stereocenters. The Morgan fingerprint density at radius 2 is 2.24 bits per heavy atom. The third-order valence-corrected chi connectivity index (χ3v) is 5.04. The quantitative estimate of drug-likeness (QED) is 0.804. The summed E-state index contributed by atoms with van der Waals surface area (Å²) in [6, 6.07) is 2.72. The van der Waals surface area contributed by atoms with Crippen molar-refractivity contribution >= 4 is 43.5 Å². The lowest BCUT2D eigenvalue weighted by atomic mass is 10.1. The number of nitrogens with two attached hydrogens (primary N) is 1. The molecular formula is C12H14BrClN2O4S. The first kappa shape index (κ1) is 16.7. The fourth-order valence-corrected chi connectivity index (χ4v) is 3.79. The number of carbonyl (C=O) groups is 1. The number of nitrogens with one attached hydrogen (secondary N) is 1. The molecule has 3 N–H and O–H groups in total. The van der Waals surface area contributed by atoms with Crippen molar-refractivity contribution in [2.24, 2.45) is 11.1 Å². The fraction of sp³-hybridized carbons (Fsp3) is 0.417. The summed E-state index contributed by atoms with van der Waals surface area (Å²) in [6.07, 6.45) is 0.884. The highest BCUT2D eigenvalue weighted by Crippen LogP contribution is 2.29.